The molecule has 96 valence electrons. The van der Waals surface area contributed by atoms with Gasteiger partial charge < -0.3 is 5.73 Å². The van der Waals surface area contributed by atoms with E-state index in [1.807, 2.05) is 30.3 Å². The molecular weight excluding hydrogens is 284 g/mol. The van der Waals surface area contributed by atoms with E-state index in [1.165, 1.54) is 17.3 Å². The van der Waals surface area contributed by atoms with Crippen molar-refractivity contribution < 1.29 is 13.0 Å². The zero-order valence-corrected chi connectivity index (χ0v) is 11.2. The number of hydrogen-bond donors (Lipinski definition) is 3. The van der Waals surface area contributed by atoms with Gasteiger partial charge in [-0.25, -0.2) is 0 Å². The highest BCUT2D eigenvalue weighted by Gasteiger charge is 1.95. The molecule has 0 unspecified atom stereocenters. The molecule has 17 heavy (non-hydrogen) atoms. The van der Waals surface area contributed by atoms with Crippen LogP contribution in [0, 0.1) is 5.41 Å². The minimum atomic E-state index is -3.90. The Bertz CT molecular complexity index is 437. The molecule has 0 amide bonds. The monoisotopic (exact) mass is 296 g/mol. The fourth-order valence-electron chi connectivity index (χ4n) is 0.735. The zero-order valence-electron chi connectivity index (χ0n) is 8.84. The lowest BCUT2D eigenvalue weighted by Gasteiger charge is -1.97. The van der Waals surface area contributed by atoms with Gasteiger partial charge in [0.25, 0.3) is 10.1 Å². The summed E-state index contributed by atoms with van der Waals surface area (Å²) < 4.78 is 26.5. The Morgan fingerprint density at radius 1 is 1.41 bits per heavy atom. The molecule has 8 heteroatoms. The van der Waals surface area contributed by atoms with Crippen molar-refractivity contribution in [3.8, 4) is 0 Å². The predicted octanol–water partition coefficient (Wildman–Crippen LogP) is 1.88. The Balaban J connectivity index is 0.000000366. The van der Waals surface area contributed by atoms with Crippen LogP contribution >= 0.6 is 23.4 Å². The van der Waals surface area contributed by atoms with Gasteiger partial charge in [-0.15, -0.1) is 11.6 Å². The first-order chi connectivity index (χ1) is 7.85. The molecular formula is C9H13ClN2O3S2. The SMILES string of the molecule is N=C(N)SCc1ccccc1.O=S(=O)(O)CCl. The van der Waals surface area contributed by atoms with Crippen molar-refractivity contribution in [2.24, 2.45) is 5.73 Å². The molecule has 1 aromatic carbocycles. The highest BCUT2D eigenvalue weighted by molar-refractivity contribution is 8.13. The van der Waals surface area contributed by atoms with Crippen molar-refractivity contribution in [2.45, 2.75) is 5.75 Å². The normalized spacial score (nSPS) is 10.2. The van der Waals surface area contributed by atoms with Crippen LogP contribution in [0.2, 0.25) is 0 Å². The van der Waals surface area contributed by atoms with E-state index in [2.05, 4.69) is 11.6 Å². The van der Waals surface area contributed by atoms with Gasteiger partial charge in [-0.2, -0.15) is 8.42 Å². The van der Waals surface area contributed by atoms with Crippen LogP contribution in [0.1, 0.15) is 5.56 Å². The lowest BCUT2D eigenvalue weighted by atomic mass is 10.2. The van der Waals surface area contributed by atoms with Gasteiger partial charge >= 0.3 is 0 Å². The molecule has 1 aromatic rings. The van der Waals surface area contributed by atoms with Crippen LogP contribution in [0.3, 0.4) is 0 Å². The molecule has 0 bridgehead atoms. The number of nitrogens with two attached hydrogens (primary N) is 1. The van der Waals surface area contributed by atoms with E-state index in [4.69, 9.17) is 15.7 Å². The van der Waals surface area contributed by atoms with E-state index in [-0.39, 0.29) is 5.17 Å². The highest BCUT2D eigenvalue weighted by atomic mass is 35.5. The Kier molecular flexibility index (Phi) is 7.98. The van der Waals surface area contributed by atoms with Crippen molar-refractivity contribution in [1.29, 1.82) is 5.41 Å². The van der Waals surface area contributed by atoms with E-state index in [1.54, 1.807) is 0 Å². The Morgan fingerprint density at radius 3 is 2.24 bits per heavy atom. The van der Waals surface area contributed by atoms with E-state index in [0.717, 1.165) is 5.75 Å². The number of thioether (sulfide) groups is 1. The molecule has 0 atom stereocenters. The molecule has 4 N–H and O–H groups in total. The molecule has 0 heterocycles. The van der Waals surface area contributed by atoms with E-state index in [0.29, 0.717) is 0 Å². The number of amidine groups is 1. The molecule has 5 nitrogen and oxygen atoms in total. The highest BCUT2D eigenvalue weighted by Crippen LogP contribution is 2.09. The van der Waals surface area contributed by atoms with Gasteiger partial charge in [0.1, 0.15) is 5.21 Å². The Labute approximate surface area is 110 Å². The van der Waals surface area contributed by atoms with Crippen molar-refractivity contribution in [2.75, 3.05) is 5.21 Å². The maximum Gasteiger partial charge on any atom is 0.279 e. The summed E-state index contributed by atoms with van der Waals surface area (Å²) in [5.74, 6) is 0.788. The zero-order chi connectivity index (χ0) is 13.3. The lowest BCUT2D eigenvalue weighted by molar-refractivity contribution is 0.488. The first-order valence-electron chi connectivity index (χ1n) is 4.37. The summed E-state index contributed by atoms with van der Waals surface area (Å²) in [5, 5.41) is 6.43. The van der Waals surface area contributed by atoms with Crippen molar-refractivity contribution in [1.82, 2.24) is 0 Å². The van der Waals surface area contributed by atoms with Crippen LogP contribution in [0.4, 0.5) is 0 Å². The molecule has 0 spiro atoms. The predicted molar refractivity (Wildman–Crippen MR) is 71.9 cm³/mol. The molecule has 0 saturated carbocycles. The molecule has 0 saturated heterocycles. The molecule has 0 aromatic heterocycles. The second kappa shape index (κ2) is 8.35. The second-order valence-corrected chi connectivity index (χ2v) is 5.88. The molecule has 0 radical (unpaired) electrons. The van der Waals surface area contributed by atoms with Gasteiger partial charge in [0.2, 0.25) is 0 Å². The standard InChI is InChI=1S/C8H10N2S.CH3ClO3S/c9-8(10)11-6-7-4-2-1-3-5-7;2-1-6(3,4)5/h1-5H,6H2,(H3,9,10);1H2,(H,3,4,5). The van der Waals surface area contributed by atoms with Crippen LogP contribution in [-0.4, -0.2) is 23.4 Å². The van der Waals surface area contributed by atoms with Crippen LogP contribution in [0.15, 0.2) is 30.3 Å². The summed E-state index contributed by atoms with van der Waals surface area (Å²) in [4.78, 5) is 0. The third-order valence-electron chi connectivity index (χ3n) is 1.38. The molecule has 1 rings (SSSR count). The summed E-state index contributed by atoms with van der Waals surface area (Å²) >= 11 is 5.99. The van der Waals surface area contributed by atoms with Crippen molar-refractivity contribution in [3.05, 3.63) is 35.9 Å². The summed E-state index contributed by atoms with van der Waals surface area (Å²) in [6, 6.07) is 9.99. The Morgan fingerprint density at radius 2 is 1.88 bits per heavy atom. The largest absolute Gasteiger partial charge is 0.379 e. The minimum Gasteiger partial charge on any atom is -0.379 e. The smallest absolute Gasteiger partial charge is 0.279 e. The summed E-state index contributed by atoms with van der Waals surface area (Å²) in [5.41, 5.74) is 6.39. The number of nitrogens with one attached hydrogen (secondary N) is 1. The molecule has 0 aliphatic rings. The summed E-state index contributed by atoms with van der Waals surface area (Å²) in [7, 11) is -3.90. The van der Waals surface area contributed by atoms with Gasteiger partial charge in [0.05, 0.1) is 0 Å². The van der Waals surface area contributed by atoms with Gasteiger partial charge in [0, 0.05) is 5.75 Å². The van der Waals surface area contributed by atoms with Crippen LogP contribution in [0.5, 0.6) is 0 Å². The number of halogens is 1. The van der Waals surface area contributed by atoms with Crippen LogP contribution in [0.25, 0.3) is 0 Å². The van der Waals surface area contributed by atoms with Gasteiger partial charge in [-0.05, 0) is 5.56 Å². The van der Waals surface area contributed by atoms with Gasteiger partial charge in [0.15, 0.2) is 5.17 Å². The quantitative estimate of drug-likeness (QED) is 0.342. The molecule has 0 aliphatic carbocycles. The second-order valence-electron chi connectivity index (χ2n) is 2.83. The number of hydrogen-bond acceptors (Lipinski definition) is 4. The van der Waals surface area contributed by atoms with Gasteiger partial charge in [-0.1, -0.05) is 42.1 Å². The first kappa shape index (κ1) is 16.2. The van der Waals surface area contributed by atoms with E-state index >= 15 is 0 Å². The van der Waals surface area contributed by atoms with Crippen molar-refractivity contribution >= 4 is 38.6 Å². The van der Waals surface area contributed by atoms with E-state index in [9.17, 15) is 8.42 Å². The lowest BCUT2D eigenvalue weighted by Crippen LogP contribution is -2.03. The third-order valence-corrected chi connectivity index (χ3v) is 3.27. The van der Waals surface area contributed by atoms with Crippen LogP contribution in [-0.2, 0) is 15.9 Å². The van der Waals surface area contributed by atoms with Crippen molar-refractivity contribution in [3.63, 3.8) is 0 Å². The number of alkyl halides is 1. The third kappa shape index (κ3) is 11.5. The Hall–Kier alpha value is -0.760. The average Bonchev–Trinajstić information content (AvgIpc) is 2.28. The average molecular weight is 297 g/mol. The molecule has 0 fully saturated rings. The number of rotatable bonds is 3. The fourth-order valence-corrected chi connectivity index (χ4v) is 1.25. The maximum atomic E-state index is 9.42. The van der Waals surface area contributed by atoms with Crippen LogP contribution < -0.4 is 5.73 Å². The molecule has 0 aliphatic heterocycles. The van der Waals surface area contributed by atoms with E-state index < -0.39 is 15.3 Å². The first-order valence-corrected chi connectivity index (χ1v) is 7.50. The maximum absolute atomic E-state index is 9.42. The summed E-state index contributed by atoms with van der Waals surface area (Å²) in [6.45, 7) is 0. The summed E-state index contributed by atoms with van der Waals surface area (Å²) in [6.07, 6.45) is 0. The van der Waals surface area contributed by atoms with Gasteiger partial charge in [-0.3, -0.25) is 9.96 Å². The minimum absolute atomic E-state index is 0.175. The fraction of sp³-hybridized carbons (Fsp3) is 0.222. The number of benzene rings is 1. The topological polar surface area (TPSA) is 104 Å².